The lowest BCUT2D eigenvalue weighted by Crippen LogP contribution is -2.41. The van der Waals surface area contributed by atoms with Crippen molar-refractivity contribution in [2.45, 2.75) is 44.8 Å². The number of carbonyl (C=O) groups excluding carboxylic acids is 1. The number of carbonyl (C=O) groups is 1. The van der Waals surface area contributed by atoms with E-state index in [4.69, 9.17) is 16.3 Å². The lowest BCUT2D eigenvalue weighted by Gasteiger charge is -2.18. The van der Waals surface area contributed by atoms with Crippen LogP contribution in [0.2, 0.25) is 5.02 Å². The van der Waals surface area contributed by atoms with E-state index in [0.29, 0.717) is 5.75 Å². The molecule has 0 unspecified atom stereocenters. The molecule has 1 aliphatic rings. The molecule has 0 aromatic heterocycles. The Morgan fingerprint density at radius 2 is 2.16 bits per heavy atom. The molecule has 104 valence electrons. The van der Waals surface area contributed by atoms with Gasteiger partial charge in [-0.15, -0.1) is 0 Å². The molecular formula is C14H17ClFNO2. The second kappa shape index (κ2) is 6.24. The Balaban J connectivity index is 1.92. The summed E-state index contributed by atoms with van der Waals surface area (Å²) in [6.07, 6.45) is 3.71. The van der Waals surface area contributed by atoms with Gasteiger partial charge in [0.05, 0.1) is 5.02 Å². The van der Waals surface area contributed by atoms with E-state index in [2.05, 4.69) is 5.32 Å². The highest BCUT2D eigenvalue weighted by Gasteiger charge is 2.22. The van der Waals surface area contributed by atoms with Crippen molar-refractivity contribution >= 4 is 17.5 Å². The first-order chi connectivity index (χ1) is 9.06. The summed E-state index contributed by atoms with van der Waals surface area (Å²) < 4.78 is 18.4. The molecule has 0 radical (unpaired) electrons. The molecule has 2 rings (SSSR count). The molecule has 0 aliphatic heterocycles. The van der Waals surface area contributed by atoms with E-state index in [1.807, 2.05) is 0 Å². The Bertz CT molecular complexity index is 461. The summed E-state index contributed by atoms with van der Waals surface area (Å²) >= 11 is 5.85. The normalized spacial score (nSPS) is 17.2. The third kappa shape index (κ3) is 3.83. The SMILES string of the molecule is C[C@H](Oc1ccc(F)cc1Cl)C(=O)NC1CCCC1. The Morgan fingerprint density at radius 3 is 2.79 bits per heavy atom. The Morgan fingerprint density at radius 1 is 1.47 bits per heavy atom. The van der Waals surface area contributed by atoms with Crippen LogP contribution in [0.4, 0.5) is 4.39 Å². The molecule has 3 nitrogen and oxygen atoms in total. The summed E-state index contributed by atoms with van der Waals surface area (Å²) in [6.45, 7) is 1.66. The zero-order valence-electron chi connectivity index (χ0n) is 10.8. The first-order valence-electron chi connectivity index (χ1n) is 6.48. The summed E-state index contributed by atoms with van der Waals surface area (Å²) in [5, 5.41) is 3.12. The van der Waals surface area contributed by atoms with Crippen LogP contribution in [0.1, 0.15) is 32.6 Å². The highest BCUT2D eigenvalue weighted by atomic mass is 35.5. The average molecular weight is 286 g/mol. The smallest absolute Gasteiger partial charge is 0.260 e. The van der Waals surface area contributed by atoms with E-state index in [1.54, 1.807) is 6.92 Å². The second-order valence-corrected chi connectivity index (χ2v) is 5.23. The van der Waals surface area contributed by atoms with Crippen molar-refractivity contribution in [1.82, 2.24) is 5.32 Å². The second-order valence-electron chi connectivity index (χ2n) is 4.82. The van der Waals surface area contributed by atoms with Gasteiger partial charge in [0, 0.05) is 6.04 Å². The van der Waals surface area contributed by atoms with Crippen molar-refractivity contribution in [3.8, 4) is 5.75 Å². The van der Waals surface area contributed by atoms with Crippen LogP contribution in [0, 0.1) is 5.82 Å². The number of halogens is 2. The van der Waals surface area contributed by atoms with Crippen LogP contribution in [0.5, 0.6) is 5.75 Å². The molecule has 1 aromatic carbocycles. The van der Waals surface area contributed by atoms with Crippen molar-refractivity contribution in [3.05, 3.63) is 29.0 Å². The molecule has 1 aromatic rings. The molecule has 1 N–H and O–H groups in total. The summed E-state index contributed by atoms with van der Waals surface area (Å²) in [5.41, 5.74) is 0. The summed E-state index contributed by atoms with van der Waals surface area (Å²) in [4.78, 5) is 11.9. The minimum Gasteiger partial charge on any atom is -0.479 e. The van der Waals surface area contributed by atoms with Gasteiger partial charge in [-0.1, -0.05) is 24.4 Å². The summed E-state index contributed by atoms with van der Waals surface area (Å²) in [5.74, 6) is -0.273. The van der Waals surface area contributed by atoms with Crippen molar-refractivity contribution in [1.29, 1.82) is 0 Å². The quantitative estimate of drug-likeness (QED) is 0.922. The van der Waals surface area contributed by atoms with Gasteiger partial charge in [0.1, 0.15) is 11.6 Å². The average Bonchev–Trinajstić information content (AvgIpc) is 2.85. The molecule has 1 atom stereocenters. The lowest BCUT2D eigenvalue weighted by molar-refractivity contribution is -0.127. The number of rotatable bonds is 4. The Hall–Kier alpha value is -1.29. The number of hydrogen-bond donors (Lipinski definition) is 1. The van der Waals surface area contributed by atoms with Gasteiger partial charge in [-0.3, -0.25) is 4.79 Å². The van der Waals surface area contributed by atoms with E-state index in [-0.39, 0.29) is 17.0 Å². The summed E-state index contributed by atoms with van der Waals surface area (Å²) in [6, 6.07) is 4.10. The minimum atomic E-state index is -0.649. The summed E-state index contributed by atoms with van der Waals surface area (Å²) in [7, 11) is 0. The van der Waals surface area contributed by atoms with Gasteiger partial charge in [-0.05, 0) is 38.0 Å². The third-order valence-electron chi connectivity index (χ3n) is 3.27. The largest absolute Gasteiger partial charge is 0.479 e. The maximum absolute atomic E-state index is 12.9. The highest BCUT2D eigenvalue weighted by molar-refractivity contribution is 6.32. The Kier molecular flexibility index (Phi) is 4.64. The van der Waals surface area contributed by atoms with Crippen LogP contribution in [0.3, 0.4) is 0 Å². The molecule has 0 spiro atoms. The van der Waals surface area contributed by atoms with E-state index in [0.717, 1.165) is 25.7 Å². The van der Waals surface area contributed by atoms with Crippen molar-refractivity contribution in [2.75, 3.05) is 0 Å². The predicted molar refractivity (Wildman–Crippen MR) is 71.9 cm³/mol. The van der Waals surface area contributed by atoms with Crippen LogP contribution in [-0.2, 0) is 4.79 Å². The van der Waals surface area contributed by atoms with Gasteiger partial charge in [0.15, 0.2) is 6.10 Å². The lowest BCUT2D eigenvalue weighted by atomic mass is 10.2. The van der Waals surface area contributed by atoms with Gasteiger partial charge in [-0.25, -0.2) is 4.39 Å². The molecule has 1 amide bonds. The maximum atomic E-state index is 12.9. The zero-order valence-corrected chi connectivity index (χ0v) is 11.5. The number of nitrogens with one attached hydrogen (secondary N) is 1. The van der Waals surface area contributed by atoms with Crippen LogP contribution in [-0.4, -0.2) is 18.1 Å². The minimum absolute atomic E-state index is 0.160. The molecule has 0 bridgehead atoms. The van der Waals surface area contributed by atoms with E-state index in [9.17, 15) is 9.18 Å². The molecule has 1 aliphatic carbocycles. The molecule has 5 heteroatoms. The standard InChI is InChI=1S/C14H17ClFNO2/c1-9(14(18)17-11-4-2-3-5-11)19-13-7-6-10(16)8-12(13)15/h6-9,11H,2-5H2,1H3,(H,17,18)/t9-/m0/s1. The van der Waals surface area contributed by atoms with E-state index >= 15 is 0 Å². The van der Waals surface area contributed by atoms with Gasteiger partial charge < -0.3 is 10.1 Å². The first kappa shape index (κ1) is 14.1. The fraction of sp³-hybridized carbons (Fsp3) is 0.500. The predicted octanol–water partition coefficient (Wildman–Crippen LogP) is 3.31. The maximum Gasteiger partial charge on any atom is 0.260 e. The molecule has 1 saturated carbocycles. The number of hydrogen-bond acceptors (Lipinski definition) is 2. The topological polar surface area (TPSA) is 38.3 Å². The molecule has 0 heterocycles. The zero-order chi connectivity index (χ0) is 13.8. The molecular weight excluding hydrogens is 269 g/mol. The van der Waals surface area contributed by atoms with Gasteiger partial charge in [0.2, 0.25) is 0 Å². The molecule has 0 saturated heterocycles. The third-order valence-corrected chi connectivity index (χ3v) is 3.56. The van der Waals surface area contributed by atoms with E-state index in [1.165, 1.54) is 18.2 Å². The van der Waals surface area contributed by atoms with E-state index < -0.39 is 11.9 Å². The van der Waals surface area contributed by atoms with Crippen molar-refractivity contribution in [2.24, 2.45) is 0 Å². The van der Waals surface area contributed by atoms with Crippen LogP contribution < -0.4 is 10.1 Å². The number of ether oxygens (including phenoxy) is 1. The number of amides is 1. The fourth-order valence-electron chi connectivity index (χ4n) is 2.20. The highest BCUT2D eigenvalue weighted by Crippen LogP contribution is 2.26. The van der Waals surface area contributed by atoms with Gasteiger partial charge >= 0.3 is 0 Å². The molecule has 1 fully saturated rings. The number of benzene rings is 1. The van der Waals surface area contributed by atoms with Gasteiger partial charge in [0.25, 0.3) is 5.91 Å². The van der Waals surface area contributed by atoms with Crippen LogP contribution in [0.15, 0.2) is 18.2 Å². The van der Waals surface area contributed by atoms with Crippen molar-refractivity contribution < 1.29 is 13.9 Å². The Labute approximate surface area is 117 Å². The van der Waals surface area contributed by atoms with Crippen LogP contribution >= 0.6 is 11.6 Å². The van der Waals surface area contributed by atoms with Crippen molar-refractivity contribution in [3.63, 3.8) is 0 Å². The monoisotopic (exact) mass is 285 g/mol. The van der Waals surface area contributed by atoms with Crippen LogP contribution in [0.25, 0.3) is 0 Å². The first-order valence-corrected chi connectivity index (χ1v) is 6.86. The fourth-order valence-corrected chi connectivity index (χ4v) is 2.42. The van der Waals surface area contributed by atoms with Gasteiger partial charge in [-0.2, -0.15) is 0 Å². The molecule has 19 heavy (non-hydrogen) atoms.